The lowest BCUT2D eigenvalue weighted by Crippen LogP contribution is -1.84. The highest BCUT2D eigenvalue weighted by atomic mass is 32.1. The summed E-state index contributed by atoms with van der Waals surface area (Å²) in [7, 11) is 1.51. The first-order valence-corrected chi connectivity index (χ1v) is 3.91. The van der Waals surface area contributed by atoms with Crippen LogP contribution in [-0.2, 0) is 4.79 Å². The van der Waals surface area contributed by atoms with Gasteiger partial charge >= 0.3 is 5.97 Å². The summed E-state index contributed by atoms with van der Waals surface area (Å²) < 4.78 is 8.71. The highest BCUT2D eigenvalue weighted by molar-refractivity contribution is 7.06. The largest absolute Gasteiger partial charge is 0.480 e. The molecule has 0 bridgehead atoms. The highest BCUT2D eigenvalue weighted by Gasteiger charge is 1.97. The van der Waals surface area contributed by atoms with Gasteiger partial charge in [-0.25, -0.2) is 4.79 Å². The van der Waals surface area contributed by atoms with E-state index in [1.807, 2.05) is 0 Å². The van der Waals surface area contributed by atoms with Crippen molar-refractivity contribution in [2.45, 2.75) is 0 Å². The molecule has 0 aliphatic heterocycles. The summed E-state index contributed by atoms with van der Waals surface area (Å²) in [4.78, 5) is 10.9. The standard InChI is InChI=1S/C7H7NO3S/c1-11-6-4-5(12-8-6)2-3-7(9)10/h2-4H,1H3,(H,9,10)/b3-2+. The Morgan fingerprint density at radius 3 is 3.08 bits per heavy atom. The molecule has 0 spiro atoms. The van der Waals surface area contributed by atoms with Crippen molar-refractivity contribution in [1.29, 1.82) is 0 Å². The predicted octanol–water partition coefficient (Wildman–Crippen LogP) is 1.25. The number of carboxylic acid groups (broad SMARTS) is 1. The van der Waals surface area contributed by atoms with Gasteiger partial charge in [-0.05, 0) is 17.6 Å². The van der Waals surface area contributed by atoms with E-state index in [0.29, 0.717) is 5.88 Å². The van der Waals surface area contributed by atoms with E-state index in [2.05, 4.69) is 4.37 Å². The van der Waals surface area contributed by atoms with Crippen LogP contribution in [0, 0.1) is 0 Å². The van der Waals surface area contributed by atoms with Crippen molar-refractivity contribution in [1.82, 2.24) is 4.37 Å². The molecule has 1 heterocycles. The summed E-state index contributed by atoms with van der Waals surface area (Å²) in [6.45, 7) is 0. The molecule has 0 saturated carbocycles. The maximum absolute atomic E-state index is 10.1. The summed E-state index contributed by atoms with van der Waals surface area (Å²) in [6.07, 6.45) is 2.54. The molecule has 12 heavy (non-hydrogen) atoms. The molecule has 0 unspecified atom stereocenters. The first-order valence-electron chi connectivity index (χ1n) is 3.14. The molecular formula is C7H7NO3S. The highest BCUT2D eigenvalue weighted by Crippen LogP contribution is 2.16. The van der Waals surface area contributed by atoms with Crippen LogP contribution in [0.2, 0.25) is 0 Å². The zero-order chi connectivity index (χ0) is 8.97. The summed E-state index contributed by atoms with van der Waals surface area (Å²) in [6, 6.07) is 1.67. The van der Waals surface area contributed by atoms with Crippen LogP contribution in [0.4, 0.5) is 0 Å². The van der Waals surface area contributed by atoms with Crippen LogP contribution in [0.15, 0.2) is 12.1 Å². The van der Waals surface area contributed by atoms with Crippen molar-refractivity contribution in [3.8, 4) is 5.88 Å². The van der Waals surface area contributed by atoms with E-state index in [-0.39, 0.29) is 0 Å². The second-order valence-electron chi connectivity index (χ2n) is 1.94. The Morgan fingerprint density at radius 1 is 1.83 bits per heavy atom. The fraction of sp³-hybridized carbons (Fsp3) is 0.143. The van der Waals surface area contributed by atoms with Crippen LogP contribution in [0.1, 0.15) is 4.88 Å². The summed E-state index contributed by atoms with van der Waals surface area (Å²) in [5.41, 5.74) is 0. The average molecular weight is 185 g/mol. The Balaban J connectivity index is 2.70. The first-order chi connectivity index (χ1) is 5.72. The molecule has 0 atom stereocenters. The van der Waals surface area contributed by atoms with Gasteiger partial charge in [0.1, 0.15) is 0 Å². The molecule has 0 aliphatic rings. The van der Waals surface area contributed by atoms with E-state index in [0.717, 1.165) is 11.0 Å². The fourth-order valence-corrected chi connectivity index (χ4v) is 1.21. The second kappa shape index (κ2) is 3.87. The molecule has 0 saturated heterocycles. The van der Waals surface area contributed by atoms with Gasteiger partial charge in [0.2, 0.25) is 5.88 Å². The van der Waals surface area contributed by atoms with Crippen molar-refractivity contribution < 1.29 is 14.6 Å². The zero-order valence-electron chi connectivity index (χ0n) is 6.35. The zero-order valence-corrected chi connectivity index (χ0v) is 7.17. The van der Waals surface area contributed by atoms with Crippen molar-refractivity contribution >= 4 is 23.6 Å². The topological polar surface area (TPSA) is 59.4 Å². The molecular weight excluding hydrogens is 178 g/mol. The second-order valence-corrected chi connectivity index (χ2v) is 2.78. The molecule has 0 aliphatic carbocycles. The summed E-state index contributed by atoms with van der Waals surface area (Å²) >= 11 is 1.19. The number of methoxy groups -OCH3 is 1. The van der Waals surface area contributed by atoms with E-state index < -0.39 is 5.97 Å². The SMILES string of the molecule is COc1cc(/C=C/C(=O)O)sn1. The molecule has 4 nitrogen and oxygen atoms in total. The van der Waals surface area contributed by atoms with E-state index in [9.17, 15) is 4.79 Å². The van der Waals surface area contributed by atoms with Crippen LogP contribution >= 0.6 is 11.5 Å². The lowest BCUT2D eigenvalue weighted by molar-refractivity contribution is -0.131. The van der Waals surface area contributed by atoms with E-state index >= 15 is 0 Å². The molecule has 1 aromatic rings. The fourth-order valence-electron chi connectivity index (χ4n) is 0.600. The van der Waals surface area contributed by atoms with Gasteiger partial charge in [-0.3, -0.25) is 0 Å². The minimum atomic E-state index is -0.970. The van der Waals surface area contributed by atoms with Gasteiger partial charge in [-0.2, -0.15) is 4.37 Å². The van der Waals surface area contributed by atoms with Crippen molar-refractivity contribution in [2.75, 3.05) is 7.11 Å². The molecule has 0 radical (unpaired) electrons. The molecule has 5 heteroatoms. The van der Waals surface area contributed by atoms with Crippen molar-refractivity contribution in [3.63, 3.8) is 0 Å². The number of nitrogens with zero attached hydrogens (tertiary/aromatic N) is 1. The molecule has 1 rings (SSSR count). The number of rotatable bonds is 3. The van der Waals surface area contributed by atoms with Gasteiger partial charge in [0, 0.05) is 12.1 Å². The van der Waals surface area contributed by atoms with Gasteiger partial charge in [0.15, 0.2) is 0 Å². The Kier molecular flexibility index (Phi) is 2.82. The minimum Gasteiger partial charge on any atom is -0.480 e. The van der Waals surface area contributed by atoms with Gasteiger partial charge in [-0.1, -0.05) is 0 Å². The lowest BCUT2D eigenvalue weighted by Gasteiger charge is -1.85. The third kappa shape index (κ3) is 2.35. The molecule has 1 aromatic heterocycles. The maximum Gasteiger partial charge on any atom is 0.328 e. The molecule has 0 amide bonds. The minimum absolute atomic E-state index is 0.505. The van der Waals surface area contributed by atoms with Crippen LogP contribution < -0.4 is 4.74 Å². The maximum atomic E-state index is 10.1. The number of hydrogen-bond acceptors (Lipinski definition) is 4. The number of aliphatic carboxylic acids is 1. The van der Waals surface area contributed by atoms with Gasteiger partial charge in [-0.15, -0.1) is 0 Å². The van der Waals surface area contributed by atoms with Crippen LogP contribution in [0.25, 0.3) is 6.08 Å². The molecule has 64 valence electrons. The van der Waals surface area contributed by atoms with Crippen LogP contribution in [-0.4, -0.2) is 22.6 Å². The summed E-state index contributed by atoms with van der Waals surface area (Å²) in [5.74, 6) is -0.465. The Labute approximate surface area is 73.3 Å². The summed E-state index contributed by atoms with van der Waals surface area (Å²) in [5, 5.41) is 8.30. The Bertz CT molecular complexity index is 305. The van der Waals surface area contributed by atoms with Crippen LogP contribution in [0.3, 0.4) is 0 Å². The Morgan fingerprint density at radius 2 is 2.58 bits per heavy atom. The number of carboxylic acids is 1. The average Bonchev–Trinajstić information content (AvgIpc) is 2.48. The van der Waals surface area contributed by atoms with E-state index in [4.69, 9.17) is 9.84 Å². The molecule has 0 fully saturated rings. The van der Waals surface area contributed by atoms with Crippen molar-refractivity contribution in [3.05, 3.63) is 17.0 Å². The Hall–Kier alpha value is -1.36. The van der Waals surface area contributed by atoms with E-state index in [1.54, 1.807) is 6.07 Å². The third-order valence-electron chi connectivity index (χ3n) is 1.11. The van der Waals surface area contributed by atoms with Gasteiger partial charge in [0.25, 0.3) is 0 Å². The van der Waals surface area contributed by atoms with Gasteiger partial charge < -0.3 is 9.84 Å². The monoisotopic (exact) mass is 185 g/mol. The number of aromatic nitrogens is 1. The van der Waals surface area contributed by atoms with Gasteiger partial charge in [0.05, 0.1) is 12.0 Å². The lowest BCUT2D eigenvalue weighted by atomic mass is 10.4. The first kappa shape index (κ1) is 8.73. The third-order valence-corrected chi connectivity index (χ3v) is 1.84. The number of hydrogen-bond donors (Lipinski definition) is 1. The normalized spacial score (nSPS) is 10.4. The number of ether oxygens (including phenoxy) is 1. The number of carbonyl (C=O) groups is 1. The molecule has 0 aromatic carbocycles. The smallest absolute Gasteiger partial charge is 0.328 e. The van der Waals surface area contributed by atoms with E-state index in [1.165, 1.54) is 24.7 Å². The quantitative estimate of drug-likeness (QED) is 0.720. The van der Waals surface area contributed by atoms with Crippen molar-refractivity contribution in [2.24, 2.45) is 0 Å². The molecule has 1 N–H and O–H groups in total. The van der Waals surface area contributed by atoms with Crippen LogP contribution in [0.5, 0.6) is 5.88 Å². The predicted molar refractivity (Wildman–Crippen MR) is 45.3 cm³/mol.